The van der Waals surface area contributed by atoms with Crippen molar-refractivity contribution in [1.29, 1.82) is 0 Å². The number of nitrogens with two attached hydrogens (primary N) is 1. The number of rotatable bonds is 5. The van der Waals surface area contributed by atoms with Gasteiger partial charge in [0, 0.05) is 17.3 Å². The molecule has 2 rings (SSSR count). The van der Waals surface area contributed by atoms with E-state index in [1.165, 1.54) is 24.3 Å². The van der Waals surface area contributed by atoms with Crippen LogP contribution in [0.3, 0.4) is 0 Å². The third-order valence-electron chi connectivity index (χ3n) is 2.98. The van der Waals surface area contributed by atoms with E-state index in [1.54, 1.807) is 25.3 Å². The standard InChI is InChI=1S/C16H16N2O4S/c1-22-15-8-3-2-5-12(15)9-10-16(19)18-13-6-4-7-14(11-13)23(17,20)21/h2-11H,1H3,(H,18,19)(H2,17,20,21). The SMILES string of the molecule is COc1ccccc1C=CC(=O)Nc1cccc(S(N)(=O)=O)c1. The molecule has 23 heavy (non-hydrogen) atoms. The first-order valence-corrected chi connectivity index (χ1v) is 8.20. The van der Waals surface area contributed by atoms with Gasteiger partial charge in [0.2, 0.25) is 15.9 Å². The number of hydrogen-bond acceptors (Lipinski definition) is 4. The molecule has 2 aromatic rings. The highest BCUT2D eigenvalue weighted by molar-refractivity contribution is 7.89. The molecule has 6 nitrogen and oxygen atoms in total. The van der Waals surface area contributed by atoms with E-state index in [1.807, 2.05) is 18.2 Å². The molecule has 1 amide bonds. The van der Waals surface area contributed by atoms with Crippen LogP contribution >= 0.6 is 0 Å². The Bertz CT molecular complexity index is 845. The molecule has 0 unspecified atom stereocenters. The maximum atomic E-state index is 11.9. The van der Waals surface area contributed by atoms with Crippen molar-refractivity contribution in [3.8, 4) is 5.75 Å². The van der Waals surface area contributed by atoms with Crippen molar-refractivity contribution in [3.05, 3.63) is 60.2 Å². The molecule has 7 heteroatoms. The van der Waals surface area contributed by atoms with Crippen molar-refractivity contribution in [1.82, 2.24) is 0 Å². The van der Waals surface area contributed by atoms with Gasteiger partial charge in [-0.25, -0.2) is 13.6 Å². The Morgan fingerprint density at radius 3 is 2.61 bits per heavy atom. The van der Waals surface area contributed by atoms with Gasteiger partial charge in [-0.05, 0) is 30.3 Å². The fourth-order valence-electron chi connectivity index (χ4n) is 1.90. The summed E-state index contributed by atoms with van der Waals surface area (Å²) in [6.07, 6.45) is 2.94. The molecule has 0 aliphatic heterocycles. The van der Waals surface area contributed by atoms with Crippen LogP contribution in [0.15, 0.2) is 59.5 Å². The van der Waals surface area contributed by atoms with Crippen molar-refractivity contribution in [3.63, 3.8) is 0 Å². The molecule has 0 aromatic heterocycles. The maximum absolute atomic E-state index is 11.9. The minimum atomic E-state index is -3.81. The highest BCUT2D eigenvalue weighted by atomic mass is 32.2. The number of methoxy groups -OCH3 is 1. The molecule has 0 saturated heterocycles. The molecule has 0 heterocycles. The second-order valence-electron chi connectivity index (χ2n) is 4.64. The molecule has 0 aliphatic rings. The molecular formula is C16H16N2O4S. The van der Waals surface area contributed by atoms with Crippen LogP contribution in [0.2, 0.25) is 0 Å². The predicted molar refractivity (Wildman–Crippen MR) is 88.5 cm³/mol. The smallest absolute Gasteiger partial charge is 0.248 e. The lowest BCUT2D eigenvalue weighted by molar-refractivity contribution is -0.111. The van der Waals surface area contributed by atoms with Gasteiger partial charge in [-0.3, -0.25) is 4.79 Å². The summed E-state index contributed by atoms with van der Waals surface area (Å²) in [6, 6.07) is 13.0. The molecule has 0 aliphatic carbocycles. The highest BCUT2D eigenvalue weighted by Gasteiger charge is 2.08. The van der Waals surface area contributed by atoms with Crippen LogP contribution < -0.4 is 15.2 Å². The Labute approximate surface area is 134 Å². The Hall–Kier alpha value is -2.64. The van der Waals surface area contributed by atoms with Crippen LogP contribution in [0.1, 0.15) is 5.56 Å². The van der Waals surface area contributed by atoms with Crippen LogP contribution in [0.5, 0.6) is 5.75 Å². The summed E-state index contributed by atoms with van der Waals surface area (Å²) in [4.78, 5) is 11.9. The molecule has 120 valence electrons. The third kappa shape index (κ3) is 4.67. The summed E-state index contributed by atoms with van der Waals surface area (Å²) in [5.74, 6) is 0.246. The number of ether oxygens (including phenoxy) is 1. The van der Waals surface area contributed by atoms with E-state index < -0.39 is 15.9 Å². The van der Waals surface area contributed by atoms with Crippen LogP contribution in [0.4, 0.5) is 5.69 Å². The van der Waals surface area contributed by atoms with E-state index in [0.29, 0.717) is 11.4 Å². The first-order valence-electron chi connectivity index (χ1n) is 6.65. The summed E-state index contributed by atoms with van der Waals surface area (Å²) >= 11 is 0. The molecule has 0 bridgehead atoms. The fourth-order valence-corrected chi connectivity index (χ4v) is 2.46. The molecule has 2 aromatic carbocycles. The molecule has 0 radical (unpaired) electrons. The summed E-state index contributed by atoms with van der Waals surface area (Å²) in [5.41, 5.74) is 1.09. The molecule has 3 N–H and O–H groups in total. The van der Waals surface area contributed by atoms with Gasteiger partial charge in [-0.15, -0.1) is 0 Å². The van der Waals surface area contributed by atoms with Crippen molar-refractivity contribution >= 4 is 27.7 Å². The monoisotopic (exact) mass is 332 g/mol. The van der Waals surface area contributed by atoms with Crippen molar-refractivity contribution in [2.24, 2.45) is 5.14 Å². The van der Waals surface area contributed by atoms with Gasteiger partial charge in [-0.2, -0.15) is 0 Å². The van der Waals surface area contributed by atoms with Crippen molar-refractivity contribution in [2.45, 2.75) is 4.90 Å². The van der Waals surface area contributed by atoms with Crippen molar-refractivity contribution < 1.29 is 17.9 Å². The topological polar surface area (TPSA) is 98.5 Å². The Morgan fingerprint density at radius 2 is 1.91 bits per heavy atom. The van der Waals surface area contributed by atoms with E-state index in [2.05, 4.69) is 5.32 Å². The van der Waals surface area contributed by atoms with Crippen LogP contribution in [-0.2, 0) is 14.8 Å². The molecule has 0 fully saturated rings. The summed E-state index contributed by atoms with van der Waals surface area (Å²) in [5, 5.41) is 7.63. The predicted octanol–water partition coefficient (Wildman–Crippen LogP) is 1.99. The summed E-state index contributed by atoms with van der Waals surface area (Å²) < 4.78 is 27.8. The number of primary sulfonamides is 1. The Kier molecular flexibility index (Phi) is 5.15. The first kappa shape index (κ1) is 16.7. The van der Waals surface area contributed by atoms with E-state index in [-0.39, 0.29) is 4.90 Å². The number of carbonyl (C=O) groups is 1. The number of amides is 1. The van der Waals surface area contributed by atoms with Crippen LogP contribution in [0.25, 0.3) is 6.08 Å². The lowest BCUT2D eigenvalue weighted by Crippen LogP contribution is -2.13. The van der Waals surface area contributed by atoms with E-state index in [0.717, 1.165) is 5.56 Å². The molecule has 0 atom stereocenters. The van der Waals surface area contributed by atoms with Gasteiger partial charge in [0.05, 0.1) is 12.0 Å². The maximum Gasteiger partial charge on any atom is 0.248 e. The second-order valence-corrected chi connectivity index (χ2v) is 6.20. The lowest BCUT2D eigenvalue weighted by Gasteiger charge is -2.05. The largest absolute Gasteiger partial charge is 0.496 e. The number of carbonyl (C=O) groups excluding carboxylic acids is 1. The van der Waals surface area contributed by atoms with Gasteiger partial charge in [0.1, 0.15) is 5.75 Å². The number of sulfonamides is 1. The molecular weight excluding hydrogens is 316 g/mol. The van der Waals surface area contributed by atoms with Crippen molar-refractivity contribution in [2.75, 3.05) is 12.4 Å². The first-order chi connectivity index (χ1) is 10.9. The summed E-state index contributed by atoms with van der Waals surface area (Å²) in [7, 11) is -2.26. The van der Waals surface area contributed by atoms with Gasteiger partial charge in [-0.1, -0.05) is 24.3 Å². The normalized spacial score (nSPS) is 11.4. The quantitative estimate of drug-likeness (QED) is 0.818. The van der Waals surface area contributed by atoms with E-state index in [4.69, 9.17) is 9.88 Å². The average molecular weight is 332 g/mol. The number of nitrogens with one attached hydrogen (secondary N) is 1. The van der Waals surface area contributed by atoms with Gasteiger partial charge in [0.15, 0.2) is 0 Å². The third-order valence-corrected chi connectivity index (χ3v) is 3.89. The zero-order chi connectivity index (χ0) is 16.9. The Balaban J connectivity index is 2.12. The second kappa shape index (κ2) is 7.08. The highest BCUT2D eigenvalue weighted by Crippen LogP contribution is 2.19. The van der Waals surface area contributed by atoms with E-state index in [9.17, 15) is 13.2 Å². The zero-order valence-electron chi connectivity index (χ0n) is 12.4. The van der Waals surface area contributed by atoms with Crippen LogP contribution in [0, 0.1) is 0 Å². The summed E-state index contributed by atoms with van der Waals surface area (Å²) in [6.45, 7) is 0. The molecule has 0 saturated carbocycles. The molecule has 0 spiro atoms. The minimum absolute atomic E-state index is 0.0657. The zero-order valence-corrected chi connectivity index (χ0v) is 13.2. The number of hydrogen-bond donors (Lipinski definition) is 2. The van der Waals surface area contributed by atoms with E-state index >= 15 is 0 Å². The van der Waals surface area contributed by atoms with Gasteiger partial charge >= 0.3 is 0 Å². The Morgan fingerprint density at radius 1 is 1.17 bits per heavy atom. The lowest BCUT2D eigenvalue weighted by atomic mass is 10.2. The number of benzene rings is 2. The van der Waals surface area contributed by atoms with Gasteiger partial charge in [0.25, 0.3) is 0 Å². The number of anilines is 1. The fraction of sp³-hybridized carbons (Fsp3) is 0.0625. The average Bonchev–Trinajstić information content (AvgIpc) is 2.52. The van der Waals surface area contributed by atoms with Crippen LogP contribution in [-0.4, -0.2) is 21.4 Å². The minimum Gasteiger partial charge on any atom is -0.496 e. The van der Waals surface area contributed by atoms with Gasteiger partial charge < -0.3 is 10.1 Å². The number of para-hydroxylation sites is 1.